The number of ether oxygens (including phenoxy) is 1. The summed E-state index contributed by atoms with van der Waals surface area (Å²) in [6.07, 6.45) is 11.7. The molecule has 0 unspecified atom stereocenters. The summed E-state index contributed by atoms with van der Waals surface area (Å²) in [5.41, 5.74) is 1.78. The first-order chi connectivity index (χ1) is 18.9. The minimum absolute atomic E-state index is 0.140. The van der Waals surface area contributed by atoms with Gasteiger partial charge in [-0.3, -0.25) is 18.7 Å². The van der Waals surface area contributed by atoms with E-state index in [1.807, 2.05) is 32.9 Å². The number of fused-ring (bicyclic) bond motifs is 1. The number of esters is 1. The highest BCUT2D eigenvalue weighted by Crippen LogP contribution is 2.31. The van der Waals surface area contributed by atoms with Crippen molar-refractivity contribution in [2.75, 3.05) is 26.2 Å². The van der Waals surface area contributed by atoms with E-state index in [0.29, 0.717) is 40.4 Å². The van der Waals surface area contributed by atoms with Gasteiger partial charge in [0.25, 0.3) is 5.56 Å². The van der Waals surface area contributed by atoms with E-state index in [1.54, 1.807) is 35.9 Å². The number of halogens is 1. The quantitative estimate of drug-likeness (QED) is 0.194. The number of aromatic nitrogens is 2. The molecule has 40 heavy (non-hydrogen) atoms. The molecule has 210 valence electrons. The Morgan fingerprint density at radius 1 is 1.10 bits per heavy atom. The lowest BCUT2D eigenvalue weighted by Crippen LogP contribution is -2.49. The fourth-order valence-corrected chi connectivity index (χ4v) is 4.88. The van der Waals surface area contributed by atoms with Gasteiger partial charge >= 0.3 is 5.97 Å². The number of carbonyl (C=O) groups is 1. The second kappa shape index (κ2) is 12.7. The predicted octanol–water partition coefficient (Wildman–Crippen LogP) is 5.16. The molecular weight excluding hydrogens is 524 g/mol. The largest absolute Gasteiger partial charge is 0.456 e. The van der Waals surface area contributed by atoms with Crippen molar-refractivity contribution in [1.29, 1.82) is 0 Å². The van der Waals surface area contributed by atoms with Crippen LogP contribution in [-0.4, -0.2) is 52.2 Å². The van der Waals surface area contributed by atoms with Crippen LogP contribution in [0.1, 0.15) is 56.4 Å². The fourth-order valence-electron chi connectivity index (χ4n) is 4.66. The molecule has 1 aromatic heterocycles. The second-order valence-electron chi connectivity index (χ2n) is 10.9. The Hall–Kier alpha value is -3.62. The van der Waals surface area contributed by atoms with Gasteiger partial charge in [-0.1, -0.05) is 25.4 Å². The summed E-state index contributed by atoms with van der Waals surface area (Å²) in [6, 6.07) is 10.6. The van der Waals surface area contributed by atoms with Gasteiger partial charge in [0.05, 0.1) is 28.0 Å². The molecule has 0 amide bonds. The first kappa shape index (κ1) is 30.9. The Morgan fingerprint density at radius 3 is 2.23 bits per heavy atom. The molecular formula is C32H38ClN4O3+. The lowest BCUT2D eigenvalue weighted by molar-refractivity contribution is 0.00694. The molecule has 0 saturated heterocycles. The monoisotopic (exact) mass is 561 g/mol. The number of rotatable bonds is 10. The van der Waals surface area contributed by atoms with E-state index in [1.165, 1.54) is 0 Å². The molecule has 0 aliphatic carbocycles. The second-order valence-corrected chi connectivity index (χ2v) is 11.3. The zero-order valence-electron chi connectivity index (χ0n) is 24.3. The number of hydrogen-bond donors (Lipinski definition) is 0. The SMILES string of the molecule is C#CC[N+](CC#C)(Cc1cc2c(=O)n(C)c(CN(CC)CC)nc2cc1Cl)c1ccc(C(=O)OC(C)(C)C)cc1. The molecule has 8 heteroatoms. The maximum Gasteiger partial charge on any atom is 0.338 e. The Morgan fingerprint density at radius 2 is 1.70 bits per heavy atom. The molecule has 0 saturated carbocycles. The summed E-state index contributed by atoms with van der Waals surface area (Å²) in [4.78, 5) is 32.9. The molecule has 0 fully saturated rings. The standard InChI is InChI=1S/C32H38ClN4O3/c1-9-17-37(18-10-2,25-15-13-23(14-16-25)31(39)40-32(5,6)7)22-24-19-26-28(20-27(24)33)34-29(35(8)30(26)38)21-36(11-3)12-4/h1-2,13-16,19-20H,11-12,17-18,21-22H2,3-8H3/q+1. The van der Waals surface area contributed by atoms with Gasteiger partial charge in [0, 0.05) is 24.7 Å². The van der Waals surface area contributed by atoms with E-state index >= 15 is 0 Å². The number of hydrogen-bond acceptors (Lipinski definition) is 5. The number of quaternary nitrogens is 1. The summed E-state index contributed by atoms with van der Waals surface area (Å²) < 4.78 is 7.28. The highest BCUT2D eigenvalue weighted by Gasteiger charge is 2.31. The van der Waals surface area contributed by atoms with Crippen molar-refractivity contribution < 1.29 is 9.53 Å². The number of carbonyl (C=O) groups excluding carboxylic acids is 1. The maximum atomic E-state index is 13.4. The topological polar surface area (TPSA) is 64.4 Å². The van der Waals surface area contributed by atoms with Crippen molar-refractivity contribution >= 4 is 34.2 Å². The highest BCUT2D eigenvalue weighted by molar-refractivity contribution is 6.32. The van der Waals surface area contributed by atoms with Crippen LogP contribution in [0.3, 0.4) is 0 Å². The van der Waals surface area contributed by atoms with Gasteiger partial charge in [-0.25, -0.2) is 9.78 Å². The Labute approximate surface area is 242 Å². The van der Waals surface area contributed by atoms with Gasteiger partial charge in [-0.15, -0.1) is 12.8 Å². The van der Waals surface area contributed by atoms with E-state index in [0.717, 1.165) is 24.3 Å². The van der Waals surface area contributed by atoms with Crippen LogP contribution in [-0.2, 0) is 24.9 Å². The van der Waals surface area contributed by atoms with E-state index in [-0.39, 0.29) is 23.1 Å². The van der Waals surface area contributed by atoms with Crippen molar-refractivity contribution in [2.24, 2.45) is 7.05 Å². The summed E-state index contributed by atoms with van der Waals surface area (Å²) in [5, 5.41) is 0.953. The van der Waals surface area contributed by atoms with Crippen molar-refractivity contribution in [3.63, 3.8) is 0 Å². The van der Waals surface area contributed by atoms with Crippen LogP contribution in [0, 0.1) is 24.7 Å². The van der Waals surface area contributed by atoms with Crippen molar-refractivity contribution in [1.82, 2.24) is 18.9 Å². The molecule has 7 nitrogen and oxygen atoms in total. The van der Waals surface area contributed by atoms with Crippen molar-refractivity contribution in [3.8, 4) is 24.7 Å². The predicted molar refractivity (Wildman–Crippen MR) is 163 cm³/mol. The molecule has 0 N–H and O–H groups in total. The average Bonchev–Trinajstić information content (AvgIpc) is 2.90. The smallest absolute Gasteiger partial charge is 0.338 e. The average molecular weight is 562 g/mol. The van der Waals surface area contributed by atoms with Crippen LogP contribution in [0.25, 0.3) is 10.9 Å². The molecule has 1 heterocycles. The number of benzene rings is 2. The van der Waals surface area contributed by atoms with Gasteiger partial charge in [0.2, 0.25) is 0 Å². The van der Waals surface area contributed by atoms with Gasteiger partial charge < -0.3 is 4.74 Å². The highest BCUT2D eigenvalue weighted by atomic mass is 35.5. The van der Waals surface area contributed by atoms with Gasteiger partial charge in [-0.2, -0.15) is 0 Å². The van der Waals surface area contributed by atoms with E-state index in [9.17, 15) is 9.59 Å². The summed E-state index contributed by atoms with van der Waals surface area (Å²) in [5.74, 6) is 5.78. The van der Waals surface area contributed by atoms with Gasteiger partial charge in [0.1, 0.15) is 36.7 Å². The Kier molecular flexibility index (Phi) is 9.82. The lowest BCUT2D eigenvalue weighted by Gasteiger charge is -2.35. The van der Waals surface area contributed by atoms with E-state index in [4.69, 9.17) is 34.2 Å². The molecule has 0 bridgehead atoms. The third kappa shape index (κ3) is 6.92. The minimum atomic E-state index is -0.604. The van der Waals surface area contributed by atoms with E-state index < -0.39 is 11.6 Å². The third-order valence-electron chi connectivity index (χ3n) is 6.91. The maximum absolute atomic E-state index is 13.4. The van der Waals surface area contributed by atoms with Crippen molar-refractivity contribution in [3.05, 3.63) is 68.7 Å². The van der Waals surface area contributed by atoms with Gasteiger partial charge in [0.15, 0.2) is 0 Å². The van der Waals surface area contributed by atoms with Crippen LogP contribution in [0.5, 0.6) is 0 Å². The number of nitrogens with zero attached hydrogens (tertiary/aromatic N) is 4. The van der Waals surface area contributed by atoms with E-state index in [2.05, 4.69) is 30.6 Å². The molecule has 3 rings (SSSR count). The molecule has 0 atom stereocenters. The van der Waals surface area contributed by atoms with Crippen LogP contribution in [0.2, 0.25) is 5.02 Å². The van der Waals surface area contributed by atoms with Crippen molar-refractivity contribution in [2.45, 2.75) is 53.3 Å². The normalized spacial score (nSPS) is 11.8. The van der Waals surface area contributed by atoms with Crippen LogP contribution in [0.4, 0.5) is 5.69 Å². The zero-order valence-corrected chi connectivity index (χ0v) is 25.0. The molecule has 0 radical (unpaired) electrons. The Bertz CT molecular complexity index is 1500. The molecule has 3 aromatic rings. The summed E-state index contributed by atoms with van der Waals surface area (Å²) in [7, 11) is 1.74. The molecule has 0 aliphatic heterocycles. The molecule has 0 spiro atoms. The molecule has 2 aromatic carbocycles. The van der Waals surface area contributed by atoms with Crippen LogP contribution < -0.4 is 10.0 Å². The Balaban J connectivity index is 2.07. The third-order valence-corrected chi connectivity index (χ3v) is 7.26. The first-order valence-electron chi connectivity index (χ1n) is 13.3. The number of terminal acetylenes is 2. The minimum Gasteiger partial charge on any atom is -0.456 e. The molecule has 0 aliphatic rings. The van der Waals surface area contributed by atoms with Crippen LogP contribution in [0.15, 0.2) is 41.2 Å². The van der Waals surface area contributed by atoms with Crippen LogP contribution >= 0.6 is 11.6 Å². The van der Waals surface area contributed by atoms with Gasteiger partial charge in [-0.05, 0) is 70.0 Å². The fraction of sp³-hybridized carbons (Fsp3) is 0.406. The summed E-state index contributed by atoms with van der Waals surface area (Å²) >= 11 is 6.80. The first-order valence-corrected chi connectivity index (χ1v) is 13.7. The lowest BCUT2D eigenvalue weighted by atomic mass is 10.1. The summed E-state index contributed by atoms with van der Waals surface area (Å²) in [6.45, 7) is 12.8. The zero-order chi connectivity index (χ0) is 29.7.